The molecule has 3 fully saturated rings. The highest BCUT2D eigenvalue weighted by Gasteiger charge is 2.44. The Hall–Kier alpha value is -0.0800. The predicted octanol–water partition coefficient (Wildman–Crippen LogP) is 0.936. The van der Waals surface area contributed by atoms with Crippen LogP contribution in [0.2, 0.25) is 0 Å². The number of fused-ring (bicyclic) bond motifs is 2. The second-order valence-electron chi connectivity index (χ2n) is 3.32. The number of hydrogen-bond donors (Lipinski definition) is 1. The number of hydrogen-bond acceptors (Lipinski definition) is 2. The summed E-state index contributed by atoms with van der Waals surface area (Å²) < 4.78 is 5.53. The Labute approximate surface area is 61.2 Å². The molecule has 1 saturated carbocycles. The zero-order chi connectivity index (χ0) is 6.97. The lowest BCUT2D eigenvalue weighted by Crippen LogP contribution is -2.52. The van der Waals surface area contributed by atoms with E-state index in [1.165, 1.54) is 19.3 Å². The molecule has 2 heteroatoms. The summed E-state index contributed by atoms with van der Waals surface area (Å²) in [5.74, 6) is 0.693. The van der Waals surface area contributed by atoms with E-state index in [1.807, 2.05) is 0 Å². The molecule has 3 aliphatic rings. The van der Waals surface area contributed by atoms with E-state index in [0.717, 1.165) is 6.42 Å². The highest BCUT2D eigenvalue weighted by atomic mass is 16.5. The van der Waals surface area contributed by atoms with Crippen molar-refractivity contribution in [3.63, 3.8) is 0 Å². The molecule has 2 unspecified atom stereocenters. The average molecular weight is 142 g/mol. The van der Waals surface area contributed by atoms with Gasteiger partial charge in [0.1, 0.15) is 0 Å². The summed E-state index contributed by atoms with van der Waals surface area (Å²) in [4.78, 5) is 0. The molecule has 3 rings (SSSR count). The molecule has 2 nitrogen and oxygen atoms in total. The van der Waals surface area contributed by atoms with Crippen molar-refractivity contribution in [1.82, 2.24) is 0 Å². The van der Waals surface area contributed by atoms with Crippen molar-refractivity contribution in [2.75, 3.05) is 6.61 Å². The normalized spacial score (nSPS) is 44.7. The molecule has 0 aromatic rings. The Kier molecular flexibility index (Phi) is 1.66. The van der Waals surface area contributed by atoms with Crippen LogP contribution in [0.25, 0.3) is 0 Å². The summed E-state index contributed by atoms with van der Waals surface area (Å²) >= 11 is 0. The molecule has 0 radical (unpaired) electrons. The van der Waals surface area contributed by atoms with Crippen LogP contribution in [0.5, 0.6) is 0 Å². The van der Waals surface area contributed by atoms with Gasteiger partial charge in [-0.3, -0.25) is 0 Å². The molecule has 1 aliphatic carbocycles. The smallest absolute Gasteiger partial charge is 0.0632 e. The predicted molar refractivity (Wildman–Crippen MR) is 37.7 cm³/mol. The lowest BCUT2D eigenvalue weighted by molar-refractivity contribution is -0.216. The zero-order valence-electron chi connectivity index (χ0n) is 6.12. The minimum Gasteiger partial charge on any atom is -0.396 e. The number of aliphatic hydroxyl groups excluding tert-OH is 1. The molecule has 2 saturated heterocycles. The molecule has 0 aromatic heterocycles. The molecule has 1 N–H and O–H groups in total. The Balaban J connectivity index is 1.87. The summed E-state index contributed by atoms with van der Waals surface area (Å²) in [7, 11) is 0. The van der Waals surface area contributed by atoms with Gasteiger partial charge in [0.2, 0.25) is 0 Å². The van der Waals surface area contributed by atoms with Crippen LogP contribution in [-0.2, 0) is 4.74 Å². The van der Waals surface area contributed by atoms with E-state index >= 15 is 0 Å². The van der Waals surface area contributed by atoms with Gasteiger partial charge in [0.15, 0.2) is 0 Å². The third kappa shape index (κ3) is 0.867. The summed E-state index contributed by atoms with van der Waals surface area (Å²) in [5, 5.41) is 8.70. The molecule has 2 aliphatic heterocycles. The molecular weight excluding hydrogens is 128 g/mol. The van der Waals surface area contributed by atoms with Gasteiger partial charge in [-0.1, -0.05) is 0 Å². The monoisotopic (exact) mass is 142 g/mol. The Bertz CT molecular complexity index is 110. The van der Waals surface area contributed by atoms with E-state index in [1.54, 1.807) is 0 Å². The van der Waals surface area contributed by atoms with Crippen molar-refractivity contribution in [3.05, 3.63) is 0 Å². The van der Waals surface area contributed by atoms with E-state index in [2.05, 4.69) is 0 Å². The third-order valence-corrected chi connectivity index (χ3v) is 2.74. The van der Waals surface area contributed by atoms with Crippen LogP contribution < -0.4 is 0 Å². The fraction of sp³-hybridized carbons (Fsp3) is 1.00. The molecule has 2 heterocycles. The first kappa shape index (κ1) is 6.62. The topological polar surface area (TPSA) is 29.5 Å². The molecule has 3 atom stereocenters. The average Bonchev–Trinajstić information content (AvgIpc) is 2.01. The van der Waals surface area contributed by atoms with E-state index in [0.29, 0.717) is 24.7 Å². The van der Waals surface area contributed by atoms with Crippen molar-refractivity contribution >= 4 is 0 Å². The molecule has 2 bridgehead atoms. The lowest BCUT2D eigenvalue weighted by Gasteiger charge is -2.49. The van der Waals surface area contributed by atoms with Crippen LogP contribution in [0.15, 0.2) is 0 Å². The minimum absolute atomic E-state index is 0.334. The van der Waals surface area contributed by atoms with Crippen molar-refractivity contribution in [3.8, 4) is 0 Å². The molecule has 0 spiro atoms. The maximum atomic E-state index is 8.70. The van der Waals surface area contributed by atoms with Gasteiger partial charge in [0, 0.05) is 12.5 Å². The van der Waals surface area contributed by atoms with Crippen LogP contribution in [0, 0.1) is 5.92 Å². The van der Waals surface area contributed by atoms with Gasteiger partial charge in [0.05, 0.1) is 12.2 Å². The number of ether oxygens (including phenoxy) is 1. The molecule has 58 valence electrons. The highest BCUT2D eigenvalue weighted by Crippen LogP contribution is 2.41. The van der Waals surface area contributed by atoms with Gasteiger partial charge in [-0.15, -0.1) is 0 Å². The minimum atomic E-state index is 0.334. The van der Waals surface area contributed by atoms with Crippen LogP contribution in [0.3, 0.4) is 0 Å². The van der Waals surface area contributed by atoms with Crippen LogP contribution in [-0.4, -0.2) is 23.9 Å². The van der Waals surface area contributed by atoms with E-state index in [-0.39, 0.29) is 0 Å². The second kappa shape index (κ2) is 2.51. The largest absolute Gasteiger partial charge is 0.396 e. The summed E-state index contributed by atoms with van der Waals surface area (Å²) in [6.45, 7) is 0.334. The molecule has 0 aromatic carbocycles. The van der Waals surface area contributed by atoms with Gasteiger partial charge in [-0.2, -0.15) is 0 Å². The Morgan fingerprint density at radius 1 is 1.30 bits per heavy atom. The Morgan fingerprint density at radius 2 is 2.00 bits per heavy atom. The summed E-state index contributed by atoms with van der Waals surface area (Å²) in [6, 6.07) is 0. The van der Waals surface area contributed by atoms with Crippen LogP contribution >= 0.6 is 0 Å². The van der Waals surface area contributed by atoms with Crippen molar-refractivity contribution in [1.29, 1.82) is 0 Å². The van der Waals surface area contributed by atoms with Crippen LogP contribution in [0.4, 0.5) is 0 Å². The van der Waals surface area contributed by atoms with Crippen molar-refractivity contribution < 1.29 is 9.84 Å². The SMILES string of the molecule is OCCC1C2CCC[C@H]1O2. The lowest BCUT2D eigenvalue weighted by atomic mass is 9.77. The van der Waals surface area contributed by atoms with Gasteiger partial charge in [0.25, 0.3) is 0 Å². The van der Waals surface area contributed by atoms with E-state index in [9.17, 15) is 0 Å². The third-order valence-electron chi connectivity index (χ3n) is 2.74. The first-order valence-electron chi connectivity index (χ1n) is 4.18. The van der Waals surface area contributed by atoms with Gasteiger partial charge < -0.3 is 9.84 Å². The van der Waals surface area contributed by atoms with Crippen LogP contribution in [0.1, 0.15) is 25.7 Å². The first-order valence-corrected chi connectivity index (χ1v) is 4.18. The van der Waals surface area contributed by atoms with Crippen molar-refractivity contribution in [2.24, 2.45) is 5.92 Å². The summed E-state index contributed by atoms with van der Waals surface area (Å²) in [6.07, 6.45) is 5.74. The Morgan fingerprint density at radius 3 is 2.50 bits per heavy atom. The fourth-order valence-corrected chi connectivity index (χ4v) is 2.18. The number of aliphatic hydroxyl groups is 1. The summed E-state index contributed by atoms with van der Waals surface area (Å²) in [5.41, 5.74) is 0. The first-order chi connectivity index (χ1) is 4.92. The van der Waals surface area contributed by atoms with Gasteiger partial charge >= 0.3 is 0 Å². The van der Waals surface area contributed by atoms with Crippen molar-refractivity contribution in [2.45, 2.75) is 37.9 Å². The standard InChI is InChI=1S/C8H14O2/c9-5-4-6-7-2-1-3-8(6)10-7/h6-9H,1-5H2/t6?,7-,8?/m1/s1. The maximum Gasteiger partial charge on any atom is 0.0632 e. The highest BCUT2D eigenvalue weighted by molar-refractivity contribution is 4.92. The second-order valence-corrected chi connectivity index (χ2v) is 3.32. The zero-order valence-corrected chi connectivity index (χ0v) is 6.12. The number of rotatable bonds is 2. The van der Waals surface area contributed by atoms with E-state index in [4.69, 9.17) is 9.84 Å². The molecule has 0 amide bonds. The fourth-order valence-electron chi connectivity index (χ4n) is 2.18. The molecular formula is C8H14O2. The van der Waals surface area contributed by atoms with Gasteiger partial charge in [-0.05, 0) is 25.7 Å². The molecule has 10 heavy (non-hydrogen) atoms. The quantitative estimate of drug-likeness (QED) is 0.621. The maximum absolute atomic E-state index is 8.70. The van der Waals surface area contributed by atoms with Gasteiger partial charge in [-0.25, -0.2) is 0 Å². The van der Waals surface area contributed by atoms with E-state index < -0.39 is 0 Å².